The molecule has 0 spiro atoms. The van der Waals surface area contributed by atoms with E-state index in [1.165, 1.54) is 7.11 Å². The van der Waals surface area contributed by atoms with Crippen molar-refractivity contribution in [2.75, 3.05) is 7.11 Å². The van der Waals surface area contributed by atoms with Gasteiger partial charge in [-0.2, -0.15) is 0 Å². The summed E-state index contributed by atoms with van der Waals surface area (Å²) in [5, 5.41) is 0. The molecule has 0 aliphatic carbocycles. The van der Waals surface area contributed by atoms with E-state index in [1.807, 2.05) is 0 Å². The average Bonchev–Trinajstić information content (AvgIpc) is 2.46. The maximum Gasteiger partial charge on any atom is 0.354 e. The maximum atomic E-state index is 11.1. The number of rotatable bonds is 3. The maximum absolute atomic E-state index is 11.1. The summed E-state index contributed by atoms with van der Waals surface area (Å²) >= 11 is 0. The fourth-order valence-corrected chi connectivity index (χ4v) is 1.12. The third-order valence-corrected chi connectivity index (χ3v) is 1.71. The van der Waals surface area contributed by atoms with E-state index in [-0.39, 0.29) is 12.6 Å². The molecular weight excluding hydrogens is 172 g/mol. The summed E-state index contributed by atoms with van der Waals surface area (Å²) in [6.45, 7) is 0.283. The van der Waals surface area contributed by atoms with Gasteiger partial charge in [-0.25, -0.2) is 10.7 Å². The minimum Gasteiger partial charge on any atom is -0.464 e. The lowest BCUT2D eigenvalue weighted by atomic mass is 10.3. The minimum atomic E-state index is -0.370. The van der Waals surface area contributed by atoms with Gasteiger partial charge in [0.15, 0.2) is 0 Å². The number of methoxy groups -OCH3 is 1. The van der Waals surface area contributed by atoms with Gasteiger partial charge in [-0.15, -0.1) is 0 Å². The summed E-state index contributed by atoms with van der Waals surface area (Å²) in [5.41, 5.74) is 1.32. The number of hydrogen-bond acceptors (Lipinski definition) is 4. The second kappa shape index (κ2) is 4.06. The largest absolute Gasteiger partial charge is 0.464 e. The summed E-state index contributed by atoms with van der Waals surface area (Å²) in [4.78, 5) is 15.6. The van der Waals surface area contributed by atoms with Crippen molar-refractivity contribution >= 4 is 5.97 Å². The number of nitrogens with zero attached hydrogens (tertiary/aromatic N) is 1. The molecule has 0 unspecified atom stereocenters. The van der Waals surface area contributed by atoms with Crippen LogP contribution >= 0.6 is 0 Å². The van der Waals surface area contributed by atoms with E-state index in [0.29, 0.717) is 5.69 Å². The van der Waals surface area contributed by atoms with Crippen LogP contribution in [0.3, 0.4) is 0 Å². The smallest absolute Gasteiger partial charge is 0.354 e. The normalized spacial score (nSPS) is 10.1. The Kier molecular flexibility index (Phi) is 3.05. The number of aryl methyl sites for hydroxylation is 1. The topological polar surface area (TPSA) is 66.5 Å². The van der Waals surface area contributed by atoms with E-state index >= 15 is 0 Å². The molecule has 1 rings (SSSR count). The fraction of sp³-hybridized carbons (Fsp3) is 0.375. The average molecular weight is 184 g/mol. The molecule has 0 saturated heterocycles. The molecule has 13 heavy (non-hydrogen) atoms. The Labute approximate surface area is 76.0 Å². The van der Waals surface area contributed by atoms with Crippen LogP contribution in [0.1, 0.15) is 16.1 Å². The molecule has 1 aromatic rings. The first-order chi connectivity index (χ1) is 6.19. The van der Waals surface area contributed by atoms with Crippen molar-refractivity contribution in [1.29, 1.82) is 0 Å². The predicted molar refractivity (Wildman–Crippen MR) is 45.7 cm³/mol. The van der Waals surface area contributed by atoms with E-state index in [0.717, 1.165) is 5.56 Å². The number of aromatic nitrogens is 1. The SMILES string of the molecule is COC(=O)c1cc(CON)cn1C. The zero-order valence-corrected chi connectivity index (χ0v) is 7.61. The molecule has 0 saturated carbocycles. The van der Waals surface area contributed by atoms with Crippen molar-refractivity contribution in [2.24, 2.45) is 12.9 Å². The van der Waals surface area contributed by atoms with Crippen molar-refractivity contribution < 1.29 is 14.4 Å². The predicted octanol–water partition coefficient (Wildman–Crippen LogP) is 0.202. The summed E-state index contributed by atoms with van der Waals surface area (Å²) in [5.74, 6) is 4.53. The van der Waals surface area contributed by atoms with Gasteiger partial charge in [-0.05, 0) is 11.6 Å². The summed E-state index contributed by atoms with van der Waals surface area (Å²) in [6.07, 6.45) is 1.76. The number of carbonyl (C=O) groups excluding carboxylic acids is 1. The molecule has 0 fully saturated rings. The first-order valence-electron chi connectivity index (χ1n) is 3.74. The van der Waals surface area contributed by atoms with E-state index < -0.39 is 0 Å². The molecule has 0 aromatic carbocycles. The van der Waals surface area contributed by atoms with Crippen molar-refractivity contribution in [3.8, 4) is 0 Å². The number of hydrogen-bond donors (Lipinski definition) is 1. The van der Waals surface area contributed by atoms with Crippen molar-refractivity contribution in [3.05, 3.63) is 23.5 Å². The lowest BCUT2D eigenvalue weighted by molar-refractivity contribution is 0.0590. The van der Waals surface area contributed by atoms with Gasteiger partial charge in [0.05, 0.1) is 13.7 Å². The lowest BCUT2D eigenvalue weighted by Crippen LogP contribution is -2.06. The van der Waals surface area contributed by atoms with Gasteiger partial charge in [0.1, 0.15) is 5.69 Å². The van der Waals surface area contributed by atoms with Gasteiger partial charge in [0.2, 0.25) is 0 Å². The standard InChI is InChI=1S/C8H12N2O3/c1-10-4-6(5-13-9)3-7(10)8(11)12-2/h3-4H,5,9H2,1-2H3. The minimum absolute atomic E-state index is 0.283. The van der Waals surface area contributed by atoms with E-state index in [9.17, 15) is 4.79 Å². The Morgan fingerprint density at radius 1 is 1.69 bits per heavy atom. The zero-order valence-electron chi connectivity index (χ0n) is 7.61. The molecule has 0 amide bonds. The van der Waals surface area contributed by atoms with E-state index in [2.05, 4.69) is 9.57 Å². The molecule has 5 nitrogen and oxygen atoms in total. The van der Waals surface area contributed by atoms with E-state index in [4.69, 9.17) is 5.90 Å². The third kappa shape index (κ3) is 2.07. The van der Waals surface area contributed by atoms with Gasteiger partial charge in [0, 0.05) is 13.2 Å². The van der Waals surface area contributed by atoms with Gasteiger partial charge in [-0.1, -0.05) is 0 Å². The van der Waals surface area contributed by atoms with Crippen LogP contribution < -0.4 is 5.90 Å². The first kappa shape index (κ1) is 9.76. The highest BCUT2D eigenvalue weighted by molar-refractivity contribution is 5.87. The molecule has 72 valence electrons. The Morgan fingerprint density at radius 2 is 2.38 bits per heavy atom. The summed E-state index contributed by atoms with van der Waals surface area (Å²) in [6, 6.07) is 1.68. The van der Waals surface area contributed by atoms with Gasteiger partial charge < -0.3 is 9.30 Å². The summed E-state index contributed by atoms with van der Waals surface area (Å²) in [7, 11) is 3.10. The van der Waals surface area contributed by atoms with Crippen LogP contribution in [0.4, 0.5) is 0 Å². The molecule has 1 heterocycles. The molecule has 0 atom stereocenters. The Bertz CT molecular complexity index is 306. The van der Waals surface area contributed by atoms with Crippen LogP contribution in [0.15, 0.2) is 12.3 Å². The second-order valence-electron chi connectivity index (χ2n) is 2.65. The fourth-order valence-electron chi connectivity index (χ4n) is 1.12. The Hall–Kier alpha value is -1.33. The highest BCUT2D eigenvalue weighted by atomic mass is 16.6. The Morgan fingerprint density at radius 3 is 2.92 bits per heavy atom. The number of esters is 1. The third-order valence-electron chi connectivity index (χ3n) is 1.71. The zero-order chi connectivity index (χ0) is 9.84. The van der Waals surface area contributed by atoms with Crippen molar-refractivity contribution in [2.45, 2.75) is 6.61 Å². The van der Waals surface area contributed by atoms with Crippen molar-refractivity contribution in [3.63, 3.8) is 0 Å². The molecule has 2 N–H and O–H groups in total. The summed E-state index contributed by atoms with van der Waals surface area (Å²) < 4.78 is 6.24. The van der Waals surface area contributed by atoms with Gasteiger partial charge >= 0.3 is 5.97 Å². The second-order valence-corrected chi connectivity index (χ2v) is 2.65. The van der Waals surface area contributed by atoms with E-state index in [1.54, 1.807) is 23.9 Å². The number of nitrogens with two attached hydrogens (primary N) is 1. The highest BCUT2D eigenvalue weighted by Gasteiger charge is 2.11. The van der Waals surface area contributed by atoms with Crippen molar-refractivity contribution in [1.82, 2.24) is 4.57 Å². The quantitative estimate of drug-likeness (QED) is 0.538. The number of ether oxygens (including phenoxy) is 1. The van der Waals surface area contributed by atoms with Crippen LogP contribution in [-0.4, -0.2) is 17.6 Å². The molecule has 5 heteroatoms. The van der Waals surface area contributed by atoms with Crippen LogP contribution in [-0.2, 0) is 23.2 Å². The number of carbonyl (C=O) groups is 1. The van der Waals surface area contributed by atoms with Gasteiger partial charge in [0.25, 0.3) is 0 Å². The molecule has 0 radical (unpaired) electrons. The molecule has 0 aliphatic rings. The molecule has 1 aromatic heterocycles. The Balaban J connectivity index is 2.89. The van der Waals surface area contributed by atoms with Crippen LogP contribution in [0.2, 0.25) is 0 Å². The van der Waals surface area contributed by atoms with Crippen LogP contribution in [0.25, 0.3) is 0 Å². The highest BCUT2D eigenvalue weighted by Crippen LogP contribution is 2.08. The monoisotopic (exact) mass is 184 g/mol. The molecule has 0 aliphatic heterocycles. The lowest BCUT2D eigenvalue weighted by Gasteiger charge is -1.98. The first-order valence-corrected chi connectivity index (χ1v) is 3.74. The van der Waals surface area contributed by atoms with Crippen LogP contribution in [0.5, 0.6) is 0 Å². The van der Waals surface area contributed by atoms with Gasteiger partial charge in [-0.3, -0.25) is 4.84 Å². The van der Waals surface area contributed by atoms with Crippen LogP contribution in [0, 0.1) is 0 Å². The molecule has 0 bridgehead atoms. The molecular formula is C8H12N2O3.